The van der Waals surface area contributed by atoms with Gasteiger partial charge in [0.1, 0.15) is 5.75 Å². The molecular weight excluding hydrogens is 392 g/mol. The SMILES string of the molecule is CCOc1ccc([C@H](c2nnnn2CCOC)N2CCN(c3ccccc3)CC2)cc1. The van der Waals surface area contributed by atoms with E-state index < -0.39 is 0 Å². The van der Waals surface area contributed by atoms with Gasteiger partial charge in [-0.2, -0.15) is 0 Å². The Morgan fingerprint density at radius 2 is 1.71 bits per heavy atom. The molecule has 0 bridgehead atoms. The quantitative estimate of drug-likeness (QED) is 0.525. The maximum atomic E-state index is 5.63. The minimum Gasteiger partial charge on any atom is -0.494 e. The Balaban J connectivity index is 1.58. The summed E-state index contributed by atoms with van der Waals surface area (Å²) < 4.78 is 12.7. The van der Waals surface area contributed by atoms with E-state index in [-0.39, 0.29) is 6.04 Å². The second-order valence-corrected chi connectivity index (χ2v) is 7.52. The summed E-state index contributed by atoms with van der Waals surface area (Å²) in [6.45, 7) is 7.58. The zero-order valence-electron chi connectivity index (χ0n) is 18.2. The number of nitrogens with zero attached hydrogens (tertiary/aromatic N) is 6. The van der Waals surface area contributed by atoms with Crippen LogP contribution >= 0.6 is 0 Å². The number of tetrazole rings is 1. The molecule has 8 nitrogen and oxygen atoms in total. The standard InChI is InChI=1S/C23H30N6O2/c1-3-31-21-11-9-19(10-12-21)22(23-24-25-26-29(23)17-18-30-2)28-15-13-27(14-16-28)20-7-5-4-6-8-20/h4-12,22H,3,13-18H2,1-2H3/t22-/m1/s1. The van der Waals surface area contributed by atoms with Crippen molar-refractivity contribution in [1.29, 1.82) is 0 Å². The Morgan fingerprint density at radius 1 is 0.968 bits per heavy atom. The van der Waals surface area contributed by atoms with Gasteiger partial charge >= 0.3 is 0 Å². The van der Waals surface area contributed by atoms with Crippen molar-refractivity contribution < 1.29 is 9.47 Å². The van der Waals surface area contributed by atoms with Gasteiger partial charge in [0.25, 0.3) is 0 Å². The Morgan fingerprint density at radius 3 is 2.39 bits per heavy atom. The molecular formula is C23H30N6O2. The molecule has 1 atom stereocenters. The molecule has 31 heavy (non-hydrogen) atoms. The molecule has 1 aromatic heterocycles. The van der Waals surface area contributed by atoms with Crippen LogP contribution in [0.25, 0.3) is 0 Å². The maximum Gasteiger partial charge on any atom is 0.173 e. The molecule has 0 aliphatic carbocycles. The van der Waals surface area contributed by atoms with Crippen molar-refractivity contribution in [3.63, 3.8) is 0 Å². The molecule has 1 fully saturated rings. The molecule has 0 saturated carbocycles. The first-order chi connectivity index (χ1) is 15.3. The first kappa shape index (κ1) is 21.3. The number of methoxy groups -OCH3 is 1. The molecule has 3 aromatic rings. The second kappa shape index (κ2) is 10.4. The fraction of sp³-hybridized carbons (Fsp3) is 0.435. The van der Waals surface area contributed by atoms with Crippen LogP contribution in [0.4, 0.5) is 5.69 Å². The molecule has 8 heteroatoms. The van der Waals surface area contributed by atoms with E-state index in [0.717, 1.165) is 43.3 Å². The van der Waals surface area contributed by atoms with E-state index in [1.165, 1.54) is 5.69 Å². The highest BCUT2D eigenvalue weighted by atomic mass is 16.5. The predicted octanol–water partition coefficient (Wildman–Crippen LogP) is 2.63. The Labute approximate surface area is 183 Å². The van der Waals surface area contributed by atoms with Crippen LogP contribution < -0.4 is 9.64 Å². The average molecular weight is 423 g/mol. The lowest BCUT2D eigenvalue weighted by Gasteiger charge is -2.40. The summed E-state index contributed by atoms with van der Waals surface area (Å²) in [7, 11) is 1.69. The third-order valence-electron chi connectivity index (χ3n) is 5.62. The summed E-state index contributed by atoms with van der Waals surface area (Å²) in [5, 5.41) is 12.6. The first-order valence-corrected chi connectivity index (χ1v) is 10.8. The van der Waals surface area contributed by atoms with Gasteiger partial charge in [0.05, 0.1) is 25.8 Å². The van der Waals surface area contributed by atoms with E-state index in [1.54, 1.807) is 7.11 Å². The first-order valence-electron chi connectivity index (χ1n) is 10.8. The van der Waals surface area contributed by atoms with E-state index >= 15 is 0 Å². The average Bonchev–Trinajstić information content (AvgIpc) is 3.28. The van der Waals surface area contributed by atoms with Gasteiger partial charge in [-0.15, -0.1) is 5.10 Å². The monoisotopic (exact) mass is 422 g/mol. The Hall–Kier alpha value is -2.97. The third-order valence-corrected chi connectivity index (χ3v) is 5.62. The fourth-order valence-electron chi connectivity index (χ4n) is 4.06. The van der Waals surface area contributed by atoms with E-state index in [0.29, 0.717) is 19.8 Å². The third kappa shape index (κ3) is 5.03. The number of para-hydroxylation sites is 1. The van der Waals surface area contributed by atoms with Crippen molar-refractivity contribution in [1.82, 2.24) is 25.1 Å². The van der Waals surface area contributed by atoms with Gasteiger partial charge in [0.2, 0.25) is 0 Å². The molecule has 1 aliphatic heterocycles. The highest BCUT2D eigenvalue weighted by molar-refractivity contribution is 5.46. The number of benzene rings is 2. The highest BCUT2D eigenvalue weighted by Crippen LogP contribution is 2.30. The molecule has 0 unspecified atom stereocenters. The van der Waals surface area contributed by atoms with E-state index in [4.69, 9.17) is 9.47 Å². The van der Waals surface area contributed by atoms with Crippen LogP contribution in [0.1, 0.15) is 24.4 Å². The minimum atomic E-state index is -0.0274. The van der Waals surface area contributed by atoms with Crippen molar-refractivity contribution in [2.24, 2.45) is 0 Å². The van der Waals surface area contributed by atoms with E-state index in [9.17, 15) is 0 Å². The van der Waals surface area contributed by atoms with Crippen molar-refractivity contribution in [3.05, 3.63) is 66.0 Å². The zero-order chi connectivity index (χ0) is 21.5. The summed E-state index contributed by atoms with van der Waals surface area (Å²) >= 11 is 0. The molecule has 1 saturated heterocycles. The molecule has 0 amide bonds. The smallest absolute Gasteiger partial charge is 0.173 e. The Bertz CT molecular complexity index is 923. The van der Waals surface area contributed by atoms with Crippen LogP contribution in [0.3, 0.4) is 0 Å². The summed E-state index contributed by atoms with van der Waals surface area (Å²) in [4.78, 5) is 4.89. The highest BCUT2D eigenvalue weighted by Gasteiger charge is 2.30. The lowest BCUT2D eigenvalue weighted by molar-refractivity contribution is 0.171. The van der Waals surface area contributed by atoms with Crippen molar-refractivity contribution >= 4 is 5.69 Å². The van der Waals surface area contributed by atoms with Gasteiger partial charge in [-0.1, -0.05) is 30.3 Å². The molecule has 2 aromatic carbocycles. The summed E-state index contributed by atoms with van der Waals surface area (Å²) in [5.41, 5.74) is 2.43. The minimum absolute atomic E-state index is 0.0274. The van der Waals surface area contributed by atoms with Gasteiger partial charge in [-0.05, 0) is 47.2 Å². The number of piperazine rings is 1. The van der Waals surface area contributed by atoms with Crippen LogP contribution in [0.2, 0.25) is 0 Å². The van der Waals surface area contributed by atoms with Crippen LogP contribution in [0, 0.1) is 0 Å². The van der Waals surface area contributed by atoms with Gasteiger partial charge < -0.3 is 14.4 Å². The van der Waals surface area contributed by atoms with Crippen molar-refractivity contribution in [2.75, 3.05) is 51.4 Å². The molecule has 0 spiro atoms. The van der Waals surface area contributed by atoms with Gasteiger partial charge in [-0.3, -0.25) is 4.90 Å². The van der Waals surface area contributed by atoms with E-state index in [2.05, 4.69) is 67.8 Å². The molecule has 2 heterocycles. The second-order valence-electron chi connectivity index (χ2n) is 7.52. The molecule has 0 radical (unpaired) electrons. The zero-order valence-corrected chi connectivity index (χ0v) is 18.2. The number of ether oxygens (including phenoxy) is 2. The van der Waals surface area contributed by atoms with E-state index in [1.807, 2.05) is 23.7 Å². The van der Waals surface area contributed by atoms with Gasteiger partial charge in [0, 0.05) is 39.0 Å². The molecule has 1 aliphatic rings. The van der Waals surface area contributed by atoms with Crippen molar-refractivity contribution in [3.8, 4) is 5.75 Å². The fourth-order valence-corrected chi connectivity index (χ4v) is 4.06. The lowest BCUT2D eigenvalue weighted by atomic mass is 10.0. The van der Waals surface area contributed by atoms with Crippen LogP contribution in [-0.4, -0.2) is 71.6 Å². The molecule has 4 rings (SSSR count). The van der Waals surface area contributed by atoms with Crippen molar-refractivity contribution in [2.45, 2.75) is 19.5 Å². The number of hydrogen-bond acceptors (Lipinski definition) is 7. The molecule has 164 valence electrons. The topological polar surface area (TPSA) is 68.5 Å². The van der Waals surface area contributed by atoms with Gasteiger partial charge in [-0.25, -0.2) is 4.68 Å². The summed E-state index contributed by atoms with van der Waals surface area (Å²) in [6, 6.07) is 18.8. The van der Waals surface area contributed by atoms with Crippen LogP contribution in [0.5, 0.6) is 5.75 Å². The molecule has 0 N–H and O–H groups in total. The van der Waals surface area contributed by atoms with Crippen LogP contribution in [0.15, 0.2) is 54.6 Å². The lowest BCUT2D eigenvalue weighted by Crippen LogP contribution is -2.48. The number of anilines is 1. The largest absolute Gasteiger partial charge is 0.494 e. The Kier molecular flexibility index (Phi) is 7.11. The summed E-state index contributed by atoms with van der Waals surface area (Å²) in [5.74, 6) is 1.72. The van der Waals surface area contributed by atoms with Gasteiger partial charge in [0.15, 0.2) is 5.82 Å². The summed E-state index contributed by atoms with van der Waals surface area (Å²) in [6.07, 6.45) is 0. The number of aromatic nitrogens is 4. The number of hydrogen-bond donors (Lipinski definition) is 0. The normalized spacial score (nSPS) is 15.7. The predicted molar refractivity (Wildman–Crippen MR) is 119 cm³/mol. The van der Waals surface area contributed by atoms with Crippen LogP contribution in [-0.2, 0) is 11.3 Å². The number of rotatable bonds is 9. The maximum absolute atomic E-state index is 5.63.